The molecule has 2 saturated carbocycles. The Morgan fingerprint density at radius 1 is 1.11 bits per heavy atom. The van der Waals surface area contributed by atoms with E-state index in [0.29, 0.717) is 24.0 Å². The summed E-state index contributed by atoms with van der Waals surface area (Å²) in [7, 11) is 0. The fourth-order valence-corrected chi connectivity index (χ4v) is 9.16. The third kappa shape index (κ3) is 3.80. The standard InChI is InChI=1S/C30H44O8/c1-15(25(36)37)10-16(31)13-29(6,38)20-12-22(35)30(7)24-17(32)11-19-26(2,3)21(34)8-9-27(19,4)23(24)18(33)14-28(20,30)5/h15-17,19-20,31-32,38H,8-14H2,1-7H3,(H,36,37)/t15?,16?,17?,19?,20?,27-,28+,29-,30-/m0/s1. The van der Waals surface area contributed by atoms with Crippen molar-refractivity contribution >= 4 is 23.3 Å². The summed E-state index contributed by atoms with van der Waals surface area (Å²) in [5.74, 6) is -2.92. The molecule has 0 radical (unpaired) electrons. The molecule has 0 saturated heterocycles. The number of carbonyl (C=O) groups excluding carboxylic acids is 3. The van der Waals surface area contributed by atoms with E-state index in [2.05, 4.69) is 0 Å². The summed E-state index contributed by atoms with van der Waals surface area (Å²) >= 11 is 0. The fourth-order valence-electron chi connectivity index (χ4n) is 9.16. The first-order chi connectivity index (χ1) is 17.2. The lowest BCUT2D eigenvalue weighted by atomic mass is 9.42. The van der Waals surface area contributed by atoms with Crippen molar-refractivity contribution in [2.45, 2.75) is 111 Å². The van der Waals surface area contributed by atoms with Crippen molar-refractivity contribution < 1.29 is 39.6 Å². The molecule has 2 fully saturated rings. The van der Waals surface area contributed by atoms with E-state index in [1.165, 1.54) is 6.92 Å². The molecular weight excluding hydrogens is 488 g/mol. The molecule has 4 aliphatic rings. The van der Waals surface area contributed by atoms with Gasteiger partial charge in [0.1, 0.15) is 11.6 Å². The minimum absolute atomic E-state index is 0.0118. The van der Waals surface area contributed by atoms with Crippen LogP contribution in [0.25, 0.3) is 0 Å². The largest absolute Gasteiger partial charge is 0.481 e. The van der Waals surface area contributed by atoms with Crippen molar-refractivity contribution in [3.05, 3.63) is 11.1 Å². The number of carbonyl (C=O) groups is 4. The third-order valence-corrected chi connectivity index (χ3v) is 11.5. The number of aliphatic hydroxyl groups is 3. The van der Waals surface area contributed by atoms with Crippen molar-refractivity contribution in [1.82, 2.24) is 0 Å². The number of aliphatic carboxylic acids is 1. The highest BCUT2D eigenvalue weighted by Crippen LogP contribution is 2.70. The van der Waals surface area contributed by atoms with Crippen molar-refractivity contribution in [3.63, 3.8) is 0 Å². The number of allylic oxidation sites excluding steroid dienone is 1. The number of Topliss-reactive ketones (excluding diaryl/α,β-unsaturated/α-hetero) is 3. The monoisotopic (exact) mass is 532 g/mol. The zero-order valence-corrected chi connectivity index (χ0v) is 23.8. The lowest BCUT2D eigenvalue weighted by Gasteiger charge is -2.60. The molecule has 38 heavy (non-hydrogen) atoms. The summed E-state index contributed by atoms with van der Waals surface area (Å²) in [6, 6.07) is 0. The van der Waals surface area contributed by atoms with Crippen molar-refractivity contribution in [1.29, 1.82) is 0 Å². The van der Waals surface area contributed by atoms with Crippen LogP contribution in [-0.4, -0.2) is 61.6 Å². The number of ketones is 3. The predicted molar refractivity (Wildman–Crippen MR) is 139 cm³/mol. The number of aliphatic hydroxyl groups excluding tert-OH is 2. The topological polar surface area (TPSA) is 149 Å². The zero-order valence-electron chi connectivity index (χ0n) is 23.8. The van der Waals surface area contributed by atoms with Crippen LogP contribution in [0, 0.1) is 39.4 Å². The van der Waals surface area contributed by atoms with Gasteiger partial charge in [0.2, 0.25) is 0 Å². The molecule has 0 heterocycles. The molecule has 0 aromatic carbocycles. The Labute approximate surface area is 224 Å². The van der Waals surface area contributed by atoms with Gasteiger partial charge >= 0.3 is 5.97 Å². The third-order valence-electron chi connectivity index (χ3n) is 11.5. The number of fused-ring (bicyclic) bond motifs is 4. The predicted octanol–water partition coefficient (Wildman–Crippen LogP) is 3.25. The molecule has 0 aromatic heterocycles. The second kappa shape index (κ2) is 8.80. The summed E-state index contributed by atoms with van der Waals surface area (Å²) in [6.07, 6.45) is -1.21. The molecule has 5 unspecified atom stereocenters. The minimum atomic E-state index is -1.55. The van der Waals surface area contributed by atoms with E-state index < -0.39 is 57.3 Å². The minimum Gasteiger partial charge on any atom is -0.481 e. The fraction of sp³-hybridized carbons (Fsp3) is 0.800. The Hall–Kier alpha value is -1.90. The highest BCUT2D eigenvalue weighted by Gasteiger charge is 2.71. The first kappa shape index (κ1) is 29.1. The Balaban J connectivity index is 1.78. The van der Waals surface area contributed by atoms with Crippen LogP contribution in [0.1, 0.15) is 93.4 Å². The Kier molecular flexibility index (Phi) is 6.74. The molecule has 4 rings (SSSR count). The molecule has 0 bridgehead atoms. The summed E-state index contributed by atoms with van der Waals surface area (Å²) in [6.45, 7) is 12.4. The van der Waals surface area contributed by atoms with E-state index >= 15 is 0 Å². The molecule has 4 aliphatic carbocycles. The van der Waals surface area contributed by atoms with E-state index in [0.717, 1.165) is 0 Å². The summed E-state index contributed by atoms with van der Waals surface area (Å²) in [5, 5.41) is 43.1. The van der Waals surface area contributed by atoms with Gasteiger partial charge in [0.25, 0.3) is 0 Å². The lowest BCUT2D eigenvalue weighted by molar-refractivity contribution is -0.149. The molecule has 0 aliphatic heterocycles. The Morgan fingerprint density at radius 3 is 2.29 bits per heavy atom. The quantitative estimate of drug-likeness (QED) is 0.407. The van der Waals surface area contributed by atoms with Crippen LogP contribution in [0.15, 0.2) is 11.1 Å². The average Bonchev–Trinajstić information content (AvgIpc) is 2.99. The maximum Gasteiger partial charge on any atom is 0.306 e. The van der Waals surface area contributed by atoms with E-state index in [-0.39, 0.29) is 55.4 Å². The molecule has 4 N–H and O–H groups in total. The van der Waals surface area contributed by atoms with Crippen LogP contribution in [0.2, 0.25) is 0 Å². The summed E-state index contributed by atoms with van der Waals surface area (Å²) < 4.78 is 0. The van der Waals surface area contributed by atoms with Gasteiger partial charge in [0.15, 0.2) is 5.78 Å². The van der Waals surface area contributed by atoms with Crippen molar-refractivity contribution in [2.24, 2.45) is 39.4 Å². The molecule has 0 aromatic rings. The van der Waals surface area contributed by atoms with Gasteiger partial charge in [-0.15, -0.1) is 0 Å². The normalized spacial score (nSPS) is 41.6. The number of hydrogen-bond donors (Lipinski definition) is 4. The SMILES string of the molecule is CC(CC(O)C[C@](C)(O)C1CC(=O)[C@@]2(C)C3=C(C(=O)C[C@]12C)[C@@]1(C)CCC(=O)C(C)(C)C1CC3O)C(=O)O. The highest BCUT2D eigenvalue weighted by molar-refractivity contribution is 6.05. The second-order valence-corrected chi connectivity index (χ2v) is 14.2. The van der Waals surface area contributed by atoms with Gasteiger partial charge in [-0.2, -0.15) is 0 Å². The number of carboxylic acids is 1. The Morgan fingerprint density at radius 2 is 1.71 bits per heavy atom. The maximum absolute atomic E-state index is 14.1. The van der Waals surface area contributed by atoms with Crippen LogP contribution in [0.3, 0.4) is 0 Å². The van der Waals surface area contributed by atoms with Crippen molar-refractivity contribution in [2.75, 3.05) is 0 Å². The molecular formula is C30H44O8. The molecule has 9 atom stereocenters. The van der Waals surface area contributed by atoms with E-state index in [1.54, 1.807) is 13.8 Å². The summed E-state index contributed by atoms with van der Waals surface area (Å²) in [4.78, 5) is 52.1. The highest BCUT2D eigenvalue weighted by atomic mass is 16.4. The number of hydrogen-bond acceptors (Lipinski definition) is 7. The molecule has 8 heteroatoms. The van der Waals surface area contributed by atoms with E-state index in [9.17, 15) is 39.6 Å². The van der Waals surface area contributed by atoms with Gasteiger partial charge in [-0.3, -0.25) is 19.2 Å². The summed E-state index contributed by atoms with van der Waals surface area (Å²) in [5.41, 5.74) is -4.13. The van der Waals surface area contributed by atoms with E-state index in [1.807, 2.05) is 27.7 Å². The first-order valence-electron chi connectivity index (χ1n) is 13.9. The van der Waals surface area contributed by atoms with Gasteiger partial charge in [-0.1, -0.05) is 34.6 Å². The maximum atomic E-state index is 14.1. The lowest BCUT2D eigenvalue weighted by Crippen LogP contribution is -2.60. The van der Waals surface area contributed by atoms with Gasteiger partial charge in [-0.25, -0.2) is 0 Å². The van der Waals surface area contributed by atoms with Crippen molar-refractivity contribution in [3.8, 4) is 0 Å². The van der Waals surface area contributed by atoms with Crippen LogP contribution in [0.5, 0.6) is 0 Å². The van der Waals surface area contributed by atoms with E-state index in [4.69, 9.17) is 0 Å². The number of rotatable bonds is 6. The van der Waals surface area contributed by atoms with Gasteiger partial charge in [-0.05, 0) is 50.0 Å². The van der Waals surface area contributed by atoms with Gasteiger partial charge in [0, 0.05) is 48.0 Å². The smallest absolute Gasteiger partial charge is 0.306 e. The number of carboxylic acid groups (broad SMARTS) is 1. The average molecular weight is 533 g/mol. The van der Waals surface area contributed by atoms with Crippen LogP contribution >= 0.6 is 0 Å². The zero-order chi connectivity index (χ0) is 28.8. The van der Waals surface area contributed by atoms with Crippen LogP contribution in [0.4, 0.5) is 0 Å². The Bertz CT molecular complexity index is 1120. The van der Waals surface area contributed by atoms with Crippen LogP contribution in [-0.2, 0) is 19.2 Å². The molecule has 212 valence electrons. The molecule has 0 spiro atoms. The van der Waals surface area contributed by atoms with Gasteiger partial charge < -0.3 is 20.4 Å². The molecule has 0 amide bonds. The molecule has 8 nitrogen and oxygen atoms in total. The van der Waals surface area contributed by atoms with Crippen LogP contribution < -0.4 is 0 Å². The second-order valence-electron chi connectivity index (χ2n) is 14.2. The van der Waals surface area contributed by atoms with Gasteiger partial charge in [0.05, 0.1) is 29.1 Å². The first-order valence-corrected chi connectivity index (χ1v) is 13.9.